The number of alkyl halides is 5. The SMILES string of the molecule is FCC[C@H](c1ccccc1OC(F)(F)C(F)F)N1CCNCC1. The van der Waals surface area contributed by atoms with Crippen molar-refractivity contribution < 1.29 is 26.7 Å². The number of ether oxygens (including phenoxy) is 1. The molecule has 1 aromatic carbocycles. The van der Waals surface area contributed by atoms with Crippen LogP contribution >= 0.6 is 0 Å². The Kier molecular flexibility index (Phi) is 6.17. The fourth-order valence-corrected chi connectivity index (χ4v) is 2.67. The first-order chi connectivity index (χ1) is 11.0. The van der Waals surface area contributed by atoms with Crippen molar-refractivity contribution in [2.75, 3.05) is 32.9 Å². The molecule has 0 radical (unpaired) electrons. The summed E-state index contributed by atoms with van der Waals surface area (Å²) in [4.78, 5) is 1.94. The van der Waals surface area contributed by atoms with Gasteiger partial charge in [-0.3, -0.25) is 9.29 Å². The second-order valence-electron chi connectivity index (χ2n) is 5.28. The maximum Gasteiger partial charge on any atom is 0.461 e. The summed E-state index contributed by atoms with van der Waals surface area (Å²) in [5.74, 6) is -0.338. The summed E-state index contributed by atoms with van der Waals surface area (Å²) < 4.78 is 68.4. The quantitative estimate of drug-likeness (QED) is 0.773. The second-order valence-corrected chi connectivity index (χ2v) is 5.28. The third kappa shape index (κ3) is 4.54. The molecule has 2 rings (SSSR count). The molecule has 1 fully saturated rings. The molecule has 8 heteroatoms. The lowest BCUT2D eigenvalue weighted by Crippen LogP contribution is -2.45. The minimum Gasteiger partial charge on any atom is -0.428 e. The maximum absolute atomic E-state index is 13.2. The predicted octanol–water partition coefficient (Wildman–Crippen LogP) is 3.23. The summed E-state index contributed by atoms with van der Waals surface area (Å²) in [6, 6.07) is 5.24. The van der Waals surface area contributed by atoms with Gasteiger partial charge in [-0.05, 0) is 12.5 Å². The summed E-state index contributed by atoms with van der Waals surface area (Å²) in [6.07, 6.45) is -8.44. The molecule has 0 bridgehead atoms. The number of benzene rings is 1. The van der Waals surface area contributed by atoms with Crippen LogP contribution in [0.2, 0.25) is 0 Å². The number of nitrogens with zero attached hydrogens (tertiary/aromatic N) is 1. The van der Waals surface area contributed by atoms with Crippen molar-refractivity contribution in [3.63, 3.8) is 0 Å². The van der Waals surface area contributed by atoms with Crippen molar-refractivity contribution in [3.8, 4) is 5.75 Å². The van der Waals surface area contributed by atoms with E-state index in [2.05, 4.69) is 10.1 Å². The Morgan fingerprint density at radius 2 is 1.83 bits per heavy atom. The number of halogens is 5. The van der Waals surface area contributed by atoms with Gasteiger partial charge in [0.1, 0.15) is 5.75 Å². The number of piperazine rings is 1. The molecule has 1 saturated heterocycles. The first-order valence-corrected chi connectivity index (χ1v) is 7.40. The third-order valence-electron chi connectivity index (χ3n) is 3.75. The van der Waals surface area contributed by atoms with Gasteiger partial charge in [0.15, 0.2) is 0 Å². The van der Waals surface area contributed by atoms with Crippen molar-refractivity contribution in [1.82, 2.24) is 10.2 Å². The fraction of sp³-hybridized carbons (Fsp3) is 0.600. The van der Waals surface area contributed by atoms with Gasteiger partial charge in [-0.2, -0.15) is 17.6 Å². The molecule has 0 unspecified atom stereocenters. The van der Waals surface area contributed by atoms with Crippen LogP contribution in [-0.4, -0.2) is 50.3 Å². The fourth-order valence-electron chi connectivity index (χ4n) is 2.67. The molecule has 0 aromatic heterocycles. The van der Waals surface area contributed by atoms with Gasteiger partial charge in [0.2, 0.25) is 0 Å². The Bertz CT molecular complexity index is 495. The van der Waals surface area contributed by atoms with Crippen molar-refractivity contribution >= 4 is 0 Å². The van der Waals surface area contributed by atoms with Gasteiger partial charge < -0.3 is 10.1 Å². The first-order valence-electron chi connectivity index (χ1n) is 7.40. The van der Waals surface area contributed by atoms with E-state index in [9.17, 15) is 22.0 Å². The van der Waals surface area contributed by atoms with Gasteiger partial charge in [-0.15, -0.1) is 0 Å². The van der Waals surface area contributed by atoms with Crippen LogP contribution in [0, 0.1) is 0 Å². The Morgan fingerprint density at radius 3 is 2.43 bits per heavy atom. The molecular formula is C15H19F5N2O. The van der Waals surface area contributed by atoms with Gasteiger partial charge in [-0.1, -0.05) is 18.2 Å². The Labute approximate surface area is 131 Å². The zero-order chi connectivity index (χ0) is 16.9. The van der Waals surface area contributed by atoms with Crippen molar-refractivity contribution in [1.29, 1.82) is 0 Å². The van der Waals surface area contributed by atoms with Crippen molar-refractivity contribution in [3.05, 3.63) is 29.8 Å². The topological polar surface area (TPSA) is 24.5 Å². The number of hydrogen-bond acceptors (Lipinski definition) is 3. The van der Waals surface area contributed by atoms with Gasteiger partial charge >= 0.3 is 12.5 Å². The van der Waals surface area contributed by atoms with Crippen LogP contribution in [-0.2, 0) is 0 Å². The van der Waals surface area contributed by atoms with E-state index in [-0.39, 0.29) is 12.2 Å². The Hall–Kier alpha value is -1.41. The molecule has 0 saturated carbocycles. The number of hydrogen-bond donors (Lipinski definition) is 1. The van der Waals surface area contributed by atoms with Gasteiger partial charge in [0.25, 0.3) is 0 Å². The number of para-hydroxylation sites is 1. The first kappa shape index (κ1) is 17.9. The number of nitrogens with one attached hydrogen (secondary N) is 1. The molecule has 1 aliphatic heterocycles. The zero-order valence-electron chi connectivity index (χ0n) is 12.5. The highest BCUT2D eigenvalue weighted by molar-refractivity contribution is 5.36. The van der Waals surface area contributed by atoms with E-state index in [1.807, 2.05) is 4.90 Å². The van der Waals surface area contributed by atoms with E-state index in [4.69, 9.17) is 0 Å². The summed E-state index contributed by atoms with van der Waals surface area (Å²) in [6.45, 7) is 1.97. The van der Waals surface area contributed by atoms with E-state index in [1.165, 1.54) is 18.2 Å². The molecule has 1 aliphatic rings. The Morgan fingerprint density at radius 1 is 1.17 bits per heavy atom. The Balaban J connectivity index is 2.28. The lowest BCUT2D eigenvalue weighted by molar-refractivity contribution is -0.253. The van der Waals surface area contributed by atoms with Crippen LogP contribution < -0.4 is 10.1 Å². The van der Waals surface area contributed by atoms with Gasteiger partial charge in [-0.25, -0.2) is 0 Å². The summed E-state index contributed by atoms with van der Waals surface area (Å²) in [5, 5.41) is 3.15. The van der Waals surface area contributed by atoms with Gasteiger partial charge in [0, 0.05) is 37.8 Å². The number of rotatable bonds is 7. The highest BCUT2D eigenvalue weighted by Crippen LogP contribution is 2.36. The lowest BCUT2D eigenvalue weighted by atomic mass is 10.0. The van der Waals surface area contributed by atoms with Crippen LogP contribution in [0.1, 0.15) is 18.0 Å². The van der Waals surface area contributed by atoms with Crippen LogP contribution in [0.5, 0.6) is 5.75 Å². The van der Waals surface area contributed by atoms with E-state index >= 15 is 0 Å². The molecule has 0 spiro atoms. The summed E-state index contributed by atoms with van der Waals surface area (Å²) in [5.41, 5.74) is 0.298. The molecule has 1 N–H and O–H groups in total. The summed E-state index contributed by atoms with van der Waals surface area (Å²) in [7, 11) is 0. The lowest BCUT2D eigenvalue weighted by Gasteiger charge is -2.35. The van der Waals surface area contributed by atoms with Crippen LogP contribution in [0.15, 0.2) is 24.3 Å². The van der Waals surface area contributed by atoms with Crippen molar-refractivity contribution in [2.45, 2.75) is 25.0 Å². The van der Waals surface area contributed by atoms with Crippen LogP contribution in [0.4, 0.5) is 22.0 Å². The maximum atomic E-state index is 13.2. The third-order valence-corrected chi connectivity index (χ3v) is 3.75. The average molecular weight is 338 g/mol. The predicted molar refractivity (Wildman–Crippen MR) is 75.8 cm³/mol. The largest absolute Gasteiger partial charge is 0.461 e. The average Bonchev–Trinajstić information content (AvgIpc) is 2.54. The molecular weight excluding hydrogens is 319 g/mol. The van der Waals surface area contributed by atoms with Crippen LogP contribution in [0.25, 0.3) is 0 Å². The molecule has 0 amide bonds. The molecule has 1 heterocycles. The second kappa shape index (κ2) is 7.92. The molecule has 1 atom stereocenters. The molecule has 23 heavy (non-hydrogen) atoms. The van der Waals surface area contributed by atoms with E-state index in [0.717, 1.165) is 0 Å². The van der Waals surface area contributed by atoms with Gasteiger partial charge in [0.05, 0.1) is 6.67 Å². The van der Waals surface area contributed by atoms with E-state index in [1.54, 1.807) is 6.07 Å². The van der Waals surface area contributed by atoms with Crippen molar-refractivity contribution in [2.24, 2.45) is 0 Å². The zero-order valence-corrected chi connectivity index (χ0v) is 12.5. The van der Waals surface area contributed by atoms with E-state index in [0.29, 0.717) is 31.7 Å². The summed E-state index contributed by atoms with van der Waals surface area (Å²) >= 11 is 0. The molecule has 0 aliphatic carbocycles. The highest BCUT2D eigenvalue weighted by atomic mass is 19.3. The highest BCUT2D eigenvalue weighted by Gasteiger charge is 2.44. The molecule has 130 valence electrons. The van der Waals surface area contributed by atoms with Crippen LogP contribution in [0.3, 0.4) is 0 Å². The van der Waals surface area contributed by atoms with E-state index < -0.39 is 25.3 Å². The minimum absolute atomic E-state index is 0.0840. The normalized spacial score (nSPS) is 18.2. The molecule has 3 nitrogen and oxygen atoms in total. The standard InChI is InChI=1S/C15H19F5N2O/c16-6-5-12(22-9-7-21-8-10-22)11-3-1-2-4-13(11)23-15(19,20)14(17)18/h1-4,12,14,21H,5-10H2/t12-/m1/s1. The molecule has 1 aromatic rings. The minimum atomic E-state index is -4.58. The monoisotopic (exact) mass is 338 g/mol. The smallest absolute Gasteiger partial charge is 0.428 e.